The van der Waals surface area contributed by atoms with Crippen LogP contribution in [0.2, 0.25) is 0 Å². The van der Waals surface area contributed by atoms with E-state index in [-0.39, 0.29) is 12.3 Å². The number of rotatable bonds is 5. The highest BCUT2D eigenvalue weighted by Gasteiger charge is 2.19. The molecule has 0 saturated carbocycles. The Balaban J connectivity index is 1.76. The van der Waals surface area contributed by atoms with E-state index in [1.165, 1.54) is 18.1 Å². The normalized spacial score (nSPS) is 13.1. The average molecular weight is 385 g/mol. The fourth-order valence-corrected chi connectivity index (χ4v) is 3.92. The number of hydrogen-bond donors (Lipinski definition) is 1. The maximum Gasteiger partial charge on any atom is 0.219 e. The number of fused-ring (bicyclic) bond motifs is 2. The molecule has 1 aromatic carbocycles. The molecule has 4 rings (SSSR count). The minimum atomic E-state index is -0.367. The van der Waals surface area contributed by atoms with Gasteiger partial charge in [0.2, 0.25) is 5.91 Å². The highest BCUT2D eigenvalue weighted by molar-refractivity contribution is 7.99. The Morgan fingerprint density at radius 1 is 1.22 bits per heavy atom. The standard InChI is InChI=1S/C18H19N5O3S/c1-10-7-12-13(26-6-5-25-12)8-14(10)27-18-22-16-11(2)20-9-21-17(16)23(18)4-3-15(19)24/h7-9H,3-6H2,1-2H3,(H2,19,24). The van der Waals surface area contributed by atoms with Crippen molar-refractivity contribution < 1.29 is 14.3 Å². The van der Waals surface area contributed by atoms with Crippen LogP contribution in [0.5, 0.6) is 11.5 Å². The minimum absolute atomic E-state index is 0.211. The lowest BCUT2D eigenvalue weighted by molar-refractivity contribution is -0.118. The Bertz CT molecular complexity index is 1030. The predicted octanol–water partition coefficient (Wildman–Crippen LogP) is 2.24. The zero-order chi connectivity index (χ0) is 19.0. The first kappa shape index (κ1) is 17.6. The summed E-state index contributed by atoms with van der Waals surface area (Å²) in [5, 5.41) is 0.731. The number of imidazole rings is 1. The lowest BCUT2D eigenvalue weighted by Gasteiger charge is -2.20. The number of hydrogen-bond acceptors (Lipinski definition) is 7. The number of aromatic nitrogens is 4. The highest BCUT2D eigenvalue weighted by atomic mass is 32.2. The van der Waals surface area contributed by atoms with E-state index in [1.807, 2.05) is 30.5 Å². The molecule has 3 heterocycles. The van der Waals surface area contributed by atoms with Gasteiger partial charge in [-0.2, -0.15) is 0 Å². The molecule has 0 bridgehead atoms. The number of benzene rings is 1. The van der Waals surface area contributed by atoms with Gasteiger partial charge in [-0.05, 0) is 31.5 Å². The van der Waals surface area contributed by atoms with Crippen molar-refractivity contribution in [3.8, 4) is 11.5 Å². The number of aryl methyl sites for hydroxylation is 3. The first-order valence-electron chi connectivity index (χ1n) is 8.57. The van der Waals surface area contributed by atoms with Crippen LogP contribution >= 0.6 is 11.8 Å². The molecule has 8 nitrogen and oxygen atoms in total. The van der Waals surface area contributed by atoms with Crippen molar-refractivity contribution in [2.24, 2.45) is 5.73 Å². The van der Waals surface area contributed by atoms with Gasteiger partial charge in [-0.15, -0.1) is 0 Å². The maximum atomic E-state index is 11.3. The molecule has 3 aromatic rings. The van der Waals surface area contributed by atoms with Gasteiger partial charge in [0.1, 0.15) is 25.1 Å². The smallest absolute Gasteiger partial charge is 0.219 e. The van der Waals surface area contributed by atoms with Gasteiger partial charge in [0.05, 0.1) is 5.69 Å². The molecule has 1 aliphatic heterocycles. The molecule has 0 aliphatic carbocycles. The summed E-state index contributed by atoms with van der Waals surface area (Å²) >= 11 is 1.50. The Labute approximate surface area is 160 Å². The molecule has 1 aliphatic rings. The van der Waals surface area contributed by atoms with E-state index in [4.69, 9.17) is 20.2 Å². The van der Waals surface area contributed by atoms with Crippen molar-refractivity contribution in [3.05, 3.63) is 29.7 Å². The van der Waals surface area contributed by atoms with Gasteiger partial charge in [-0.25, -0.2) is 15.0 Å². The Hall–Kier alpha value is -2.81. The summed E-state index contributed by atoms with van der Waals surface area (Å²) < 4.78 is 13.2. The fraction of sp³-hybridized carbons (Fsp3) is 0.333. The lowest BCUT2D eigenvalue weighted by Crippen LogP contribution is -2.15. The van der Waals surface area contributed by atoms with E-state index >= 15 is 0 Å². The Morgan fingerprint density at radius 2 is 1.96 bits per heavy atom. The van der Waals surface area contributed by atoms with Crippen LogP contribution in [0.4, 0.5) is 0 Å². The summed E-state index contributed by atoms with van der Waals surface area (Å²) in [5.41, 5.74) is 8.61. The summed E-state index contributed by atoms with van der Waals surface area (Å²) in [5.74, 6) is 1.12. The average Bonchev–Trinajstić information content (AvgIpc) is 2.99. The number of nitrogens with zero attached hydrogens (tertiary/aromatic N) is 4. The van der Waals surface area contributed by atoms with Crippen molar-refractivity contribution >= 4 is 28.8 Å². The molecule has 0 spiro atoms. The highest BCUT2D eigenvalue weighted by Crippen LogP contribution is 2.39. The number of carbonyl (C=O) groups is 1. The summed E-state index contributed by atoms with van der Waals surface area (Å²) in [7, 11) is 0. The van der Waals surface area contributed by atoms with Crippen LogP contribution in [0, 0.1) is 13.8 Å². The Kier molecular flexibility index (Phi) is 4.61. The SMILES string of the molecule is Cc1cc2c(cc1Sc1nc3c(C)ncnc3n1CCC(N)=O)OCCO2. The van der Waals surface area contributed by atoms with E-state index in [9.17, 15) is 4.79 Å². The second-order valence-electron chi connectivity index (χ2n) is 6.26. The number of nitrogens with two attached hydrogens (primary N) is 1. The number of ether oxygens (including phenoxy) is 2. The Morgan fingerprint density at radius 3 is 2.70 bits per heavy atom. The third-order valence-corrected chi connectivity index (χ3v) is 5.46. The van der Waals surface area contributed by atoms with E-state index in [0.717, 1.165) is 38.3 Å². The van der Waals surface area contributed by atoms with Gasteiger partial charge in [0.25, 0.3) is 0 Å². The van der Waals surface area contributed by atoms with Gasteiger partial charge in [-0.1, -0.05) is 11.8 Å². The zero-order valence-electron chi connectivity index (χ0n) is 15.1. The molecule has 0 radical (unpaired) electrons. The number of amides is 1. The first-order valence-corrected chi connectivity index (χ1v) is 9.39. The van der Waals surface area contributed by atoms with Crippen molar-refractivity contribution in [1.29, 1.82) is 0 Å². The van der Waals surface area contributed by atoms with Crippen LogP contribution in [-0.4, -0.2) is 38.6 Å². The van der Waals surface area contributed by atoms with E-state index < -0.39 is 0 Å². The van der Waals surface area contributed by atoms with Gasteiger partial charge in [-0.3, -0.25) is 4.79 Å². The summed E-state index contributed by atoms with van der Waals surface area (Å²) in [6.07, 6.45) is 1.71. The number of carbonyl (C=O) groups excluding carboxylic acids is 1. The molecule has 0 fully saturated rings. The molecule has 0 saturated heterocycles. The second kappa shape index (κ2) is 7.07. The zero-order valence-corrected chi connectivity index (χ0v) is 15.9. The van der Waals surface area contributed by atoms with Crippen LogP contribution in [0.3, 0.4) is 0 Å². The van der Waals surface area contributed by atoms with Crippen molar-refractivity contribution in [2.75, 3.05) is 13.2 Å². The minimum Gasteiger partial charge on any atom is -0.486 e. The summed E-state index contributed by atoms with van der Waals surface area (Å²) in [4.78, 5) is 25.6. The van der Waals surface area contributed by atoms with E-state index in [1.54, 1.807) is 0 Å². The predicted molar refractivity (Wildman–Crippen MR) is 100 cm³/mol. The van der Waals surface area contributed by atoms with Crippen LogP contribution in [-0.2, 0) is 11.3 Å². The summed E-state index contributed by atoms with van der Waals surface area (Å²) in [6.45, 7) is 5.40. The summed E-state index contributed by atoms with van der Waals surface area (Å²) in [6, 6.07) is 3.93. The monoisotopic (exact) mass is 385 g/mol. The molecular weight excluding hydrogens is 366 g/mol. The van der Waals surface area contributed by atoms with Crippen LogP contribution in [0.15, 0.2) is 28.5 Å². The largest absolute Gasteiger partial charge is 0.486 e. The van der Waals surface area contributed by atoms with Crippen molar-refractivity contribution in [3.63, 3.8) is 0 Å². The molecule has 140 valence electrons. The molecule has 2 N–H and O–H groups in total. The van der Waals surface area contributed by atoms with E-state index in [2.05, 4.69) is 9.97 Å². The molecule has 0 atom stereocenters. The second-order valence-corrected chi connectivity index (χ2v) is 7.27. The quantitative estimate of drug-likeness (QED) is 0.718. The molecule has 2 aromatic heterocycles. The molecule has 27 heavy (non-hydrogen) atoms. The number of primary amides is 1. The first-order chi connectivity index (χ1) is 13.0. The van der Waals surface area contributed by atoms with Crippen molar-refractivity contribution in [1.82, 2.24) is 19.5 Å². The van der Waals surface area contributed by atoms with Gasteiger partial charge >= 0.3 is 0 Å². The molecular formula is C18H19N5O3S. The molecule has 0 unspecified atom stereocenters. The van der Waals surface area contributed by atoms with Gasteiger partial charge in [0, 0.05) is 17.9 Å². The van der Waals surface area contributed by atoms with Gasteiger partial charge < -0.3 is 19.8 Å². The molecule has 9 heteroatoms. The van der Waals surface area contributed by atoms with Gasteiger partial charge in [0.15, 0.2) is 22.3 Å². The third-order valence-electron chi connectivity index (χ3n) is 4.30. The fourth-order valence-electron chi connectivity index (χ4n) is 2.91. The molecule has 1 amide bonds. The van der Waals surface area contributed by atoms with Crippen LogP contribution in [0.25, 0.3) is 11.2 Å². The van der Waals surface area contributed by atoms with E-state index in [0.29, 0.717) is 25.4 Å². The third kappa shape index (κ3) is 3.42. The van der Waals surface area contributed by atoms with Crippen LogP contribution < -0.4 is 15.2 Å². The maximum absolute atomic E-state index is 11.3. The van der Waals surface area contributed by atoms with Crippen molar-refractivity contribution in [2.45, 2.75) is 36.9 Å². The lowest BCUT2D eigenvalue weighted by atomic mass is 10.2. The topological polar surface area (TPSA) is 105 Å². The van der Waals surface area contributed by atoms with Crippen LogP contribution in [0.1, 0.15) is 17.7 Å².